The van der Waals surface area contributed by atoms with Crippen LogP contribution in [0.4, 0.5) is 32.2 Å². The van der Waals surface area contributed by atoms with Gasteiger partial charge in [0.15, 0.2) is 0 Å². The first-order chi connectivity index (χ1) is 17.5. The van der Waals surface area contributed by atoms with Crippen molar-refractivity contribution in [2.45, 2.75) is 31.2 Å². The summed E-state index contributed by atoms with van der Waals surface area (Å²) in [5, 5.41) is 4.60. The maximum Gasteiger partial charge on any atom is 0.418 e. The molecule has 0 atom stereocenters. The average Bonchev–Trinajstić information content (AvgIpc) is 2.86. The molecule has 4 rings (SSSR count). The van der Waals surface area contributed by atoms with E-state index in [0.717, 1.165) is 58.7 Å². The van der Waals surface area contributed by atoms with E-state index in [4.69, 9.17) is 4.74 Å². The number of halogens is 6. The summed E-state index contributed by atoms with van der Waals surface area (Å²) in [6, 6.07) is 0.260. The molecule has 0 aromatic carbocycles. The molecular formula is C22H27F6N7O2. The van der Waals surface area contributed by atoms with E-state index in [1.54, 1.807) is 0 Å². The lowest BCUT2D eigenvalue weighted by molar-refractivity contribution is -0.136. The van der Waals surface area contributed by atoms with E-state index in [2.05, 4.69) is 30.1 Å². The van der Waals surface area contributed by atoms with E-state index in [1.165, 1.54) is 0 Å². The number of carbonyl (C=O) groups excluding carboxylic acids is 1. The molecular weight excluding hydrogens is 508 g/mol. The van der Waals surface area contributed by atoms with E-state index in [9.17, 15) is 31.1 Å². The van der Waals surface area contributed by atoms with E-state index in [1.807, 2.05) is 5.32 Å². The highest BCUT2D eigenvalue weighted by molar-refractivity contribution is 5.93. The van der Waals surface area contributed by atoms with E-state index < -0.39 is 47.5 Å². The van der Waals surface area contributed by atoms with Gasteiger partial charge in [0.25, 0.3) is 5.91 Å². The van der Waals surface area contributed by atoms with Crippen molar-refractivity contribution in [2.75, 3.05) is 64.3 Å². The number of alkyl halides is 6. The molecule has 0 spiro atoms. The number of carbonyl (C=O) groups is 1. The zero-order chi connectivity index (χ0) is 26.6. The van der Waals surface area contributed by atoms with Crippen LogP contribution < -0.4 is 10.6 Å². The highest BCUT2D eigenvalue weighted by atomic mass is 19.4. The first kappa shape index (κ1) is 27.3. The Hall–Kier alpha value is -2.78. The predicted octanol–water partition coefficient (Wildman–Crippen LogP) is 2.54. The number of fused-ring (bicyclic) bond motifs is 1. The molecule has 9 nitrogen and oxygen atoms in total. The first-order valence-electron chi connectivity index (χ1n) is 11.9. The fourth-order valence-electron chi connectivity index (χ4n) is 4.29. The van der Waals surface area contributed by atoms with E-state index in [0.29, 0.717) is 18.9 Å². The Morgan fingerprint density at radius 3 is 2.27 bits per heavy atom. The topological polar surface area (TPSA) is 95.5 Å². The van der Waals surface area contributed by atoms with Crippen LogP contribution in [-0.4, -0.2) is 102 Å². The average molecular weight is 535 g/mol. The molecule has 0 radical (unpaired) electrons. The van der Waals surface area contributed by atoms with Crippen molar-refractivity contribution in [2.24, 2.45) is 0 Å². The zero-order valence-electron chi connectivity index (χ0n) is 19.8. The molecule has 1 amide bonds. The molecule has 2 aliphatic rings. The van der Waals surface area contributed by atoms with Crippen LogP contribution in [0.25, 0.3) is 11.0 Å². The number of morpholine rings is 1. The summed E-state index contributed by atoms with van der Waals surface area (Å²) in [5.41, 5.74) is -2.36. The first-order valence-corrected chi connectivity index (χ1v) is 11.9. The Labute approximate surface area is 208 Å². The van der Waals surface area contributed by atoms with Crippen LogP contribution in [0, 0.1) is 0 Å². The molecule has 204 valence electrons. The highest BCUT2D eigenvalue weighted by Crippen LogP contribution is 2.35. The van der Waals surface area contributed by atoms with Crippen molar-refractivity contribution >= 4 is 22.8 Å². The standard InChI is InChI=1S/C22H27F6N7O2/c23-21(24,25)13-30-17-11-15(22(26,27)28)18-16(32-17)12-29-19(33-18)20(36)31-14-1-3-34(4-2-14)5-6-35-7-9-37-10-8-35/h11-12,14H,1-10,13H2,(H,30,32)(H,31,36). The van der Waals surface area contributed by atoms with Gasteiger partial charge in [0.2, 0.25) is 5.82 Å². The zero-order valence-corrected chi connectivity index (χ0v) is 19.8. The third kappa shape index (κ3) is 7.61. The number of hydrogen-bond acceptors (Lipinski definition) is 8. The summed E-state index contributed by atoms with van der Waals surface area (Å²) in [5.74, 6) is -1.81. The van der Waals surface area contributed by atoms with E-state index in [-0.39, 0.29) is 11.6 Å². The molecule has 2 saturated heterocycles. The summed E-state index contributed by atoms with van der Waals surface area (Å²) in [4.78, 5) is 28.7. The SMILES string of the molecule is O=C(NC1CCN(CCN2CCOCC2)CC1)c1ncc2nc(NCC(F)(F)F)cc(C(F)(F)F)c2n1. The number of rotatable bonds is 7. The maximum absolute atomic E-state index is 13.6. The number of ether oxygens (including phenoxy) is 1. The largest absolute Gasteiger partial charge is 0.418 e. The molecule has 2 aliphatic heterocycles. The highest BCUT2D eigenvalue weighted by Gasteiger charge is 2.36. The minimum atomic E-state index is -4.94. The van der Waals surface area contributed by atoms with Crippen molar-refractivity contribution in [3.63, 3.8) is 0 Å². The fraction of sp³-hybridized carbons (Fsp3) is 0.636. The van der Waals surface area contributed by atoms with Crippen LogP contribution in [0.3, 0.4) is 0 Å². The smallest absolute Gasteiger partial charge is 0.379 e. The van der Waals surface area contributed by atoms with E-state index >= 15 is 0 Å². The number of piperidine rings is 1. The van der Waals surface area contributed by atoms with Gasteiger partial charge in [-0.15, -0.1) is 0 Å². The molecule has 2 aromatic heterocycles. The molecule has 2 fully saturated rings. The molecule has 2 N–H and O–H groups in total. The Balaban J connectivity index is 1.38. The van der Waals surface area contributed by atoms with Crippen LogP contribution in [0.1, 0.15) is 29.0 Å². The quantitative estimate of drug-likeness (QED) is 0.523. The summed E-state index contributed by atoms with van der Waals surface area (Å²) in [6.07, 6.45) is -7.34. The Morgan fingerprint density at radius 2 is 1.65 bits per heavy atom. The molecule has 37 heavy (non-hydrogen) atoms. The Kier molecular flexibility index (Phi) is 8.33. The van der Waals surface area contributed by atoms with Gasteiger partial charge in [-0.1, -0.05) is 0 Å². The third-order valence-corrected chi connectivity index (χ3v) is 6.28. The molecule has 15 heteroatoms. The van der Waals surface area contributed by atoms with Crippen LogP contribution in [-0.2, 0) is 10.9 Å². The second kappa shape index (κ2) is 11.3. The lowest BCUT2D eigenvalue weighted by Gasteiger charge is -2.34. The van der Waals surface area contributed by atoms with Crippen LogP contribution in [0.5, 0.6) is 0 Å². The minimum Gasteiger partial charge on any atom is -0.379 e. The van der Waals surface area contributed by atoms with Crippen molar-refractivity contribution in [3.8, 4) is 0 Å². The van der Waals surface area contributed by atoms with Gasteiger partial charge >= 0.3 is 12.4 Å². The predicted molar refractivity (Wildman–Crippen MR) is 121 cm³/mol. The van der Waals surface area contributed by atoms with Crippen LogP contribution in [0.15, 0.2) is 12.3 Å². The van der Waals surface area contributed by atoms with Gasteiger partial charge in [-0.2, -0.15) is 26.3 Å². The molecule has 4 heterocycles. The third-order valence-electron chi connectivity index (χ3n) is 6.28. The monoisotopic (exact) mass is 535 g/mol. The Morgan fingerprint density at radius 1 is 1.00 bits per heavy atom. The van der Waals surface area contributed by atoms with Gasteiger partial charge in [0, 0.05) is 45.3 Å². The van der Waals surface area contributed by atoms with Gasteiger partial charge in [0.1, 0.15) is 23.4 Å². The number of aromatic nitrogens is 3. The number of pyridine rings is 1. The summed E-state index contributed by atoms with van der Waals surface area (Å²) < 4.78 is 83.7. The van der Waals surface area contributed by atoms with Gasteiger partial charge in [-0.25, -0.2) is 15.0 Å². The maximum atomic E-state index is 13.6. The molecule has 0 aliphatic carbocycles. The molecule has 0 unspecified atom stereocenters. The number of likely N-dealkylation sites (tertiary alicyclic amines) is 1. The number of amides is 1. The summed E-state index contributed by atoms with van der Waals surface area (Å²) in [7, 11) is 0. The van der Waals surface area contributed by atoms with Crippen molar-refractivity contribution < 1.29 is 35.9 Å². The minimum absolute atomic E-state index is 0.180. The van der Waals surface area contributed by atoms with Gasteiger partial charge in [-0.3, -0.25) is 9.69 Å². The van der Waals surface area contributed by atoms with Crippen molar-refractivity contribution in [1.82, 2.24) is 30.1 Å². The second-order valence-electron chi connectivity index (χ2n) is 8.99. The fourth-order valence-corrected chi connectivity index (χ4v) is 4.29. The normalized spacial score (nSPS) is 18.8. The van der Waals surface area contributed by atoms with Gasteiger partial charge in [-0.05, 0) is 18.9 Å². The number of nitrogens with one attached hydrogen (secondary N) is 2. The molecule has 0 bridgehead atoms. The van der Waals surface area contributed by atoms with Crippen LogP contribution >= 0.6 is 0 Å². The van der Waals surface area contributed by atoms with Gasteiger partial charge in [0.05, 0.1) is 25.0 Å². The number of nitrogens with zero attached hydrogens (tertiary/aromatic N) is 5. The second-order valence-corrected chi connectivity index (χ2v) is 8.99. The molecule has 0 saturated carbocycles. The van der Waals surface area contributed by atoms with Crippen LogP contribution in [0.2, 0.25) is 0 Å². The Bertz CT molecular complexity index is 1080. The van der Waals surface area contributed by atoms with Crippen molar-refractivity contribution in [1.29, 1.82) is 0 Å². The van der Waals surface area contributed by atoms with Crippen molar-refractivity contribution in [3.05, 3.63) is 23.7 Å². The number of anilines is 1. The van der Waals surface area contributed by atoms with Gasteiger partial charge < -0.3 is 20.3 Å². The molecule has 2 aromatic rings. The summed E-state index contributed by atoms with van der Waals surface area (Å²) >= 11 is 0. The lowest BCUT2D eigenvalue weighted by atomic mass is 10.0. The lowest BCUT2D eigenvalue weighted by Crippen LogP contribution is -2.47. The number of hydrogen-bond donors (Lipinski definition) is 2. The summed E-state index contributed by atoms with van der Waals surface area (Å²) in [6.45, 7) is 5.12.